The highest BCUT2D eigenvalue weighted by molar-refractivity contribution is 6.01. The van der Waals surface area contributed by atoms with Gasteiger partial charge >= 0.3 is 23.9 Å². The van der Waals surface area contributed by atoms with Crippen LogP contribution in [0, 0.1) is 13.8 Å². The Morgan fingerprint density at radius 1 is 0.412 bits per heavy atom. The smallest absolute Gasteiger partial charge is 0.339 e. The number of benzene rings is 4. The highest BCUT2D eigenvalue weighted by atomic mass is 16.5. The number of hydrogen-bond donors (Lipinski definition) is 4. The molecule has 0 atom stereocenters. The van der Waals surface area contributed by atoms with Crippen molar-refractivity contribution in [2.75, 3.05) is 42.7 Å². The van der Waals surface area contributed by atoms with Crippen molar-refractivity contribution in [1.82, 2.24) is 0 Å². The third-order valence-corrected chi connectivity index (χ3v) is 7.89. The maximum Gasteiger partial charge on any atom is 0.339 e. The summed E-state index contributed by atoms with van der Waals surface area (Å²) < 4.78 is 39.4. The molecular formula is C36H34O15. The van der Waals surface area contributed by atoms with Gasteiger partial charge in [0.2, 0.25) is 0 Å². The Hall–Kier alpha value is -6.64. The molecule has 0 heterocycles. The van der Waals surface area contributed by atoms with Crippen LogP contribution in [0.3, 0.4) is 0 Å². The first kappa shape index (κ1) is 37.2. The van der Waals surface area contributed by atoms with Crippen molar-refractivity contribution in [3.05, 3.63) is 69.8 Å². The molecule has 0 fully saturated rings. The van der Waals surface area contributed by atoms with E-state index in [4.69, 9.17) is 33.2 Å². The summed E-state index contributed by atoms with van der Waals surface area (Å²) in [6.07, 6.45) is 0. The highest BCUT2D eigenvalue weighted by Crippen LogP contribution is 2.53. The summed E-state index contributed by atoms with van der Waals surface area (Å²) >= 11 is 0. The van der Waals surface area contributed by atoms with Crippen molar-refractivity contribution in [2.45, 2.75) is 13.8 Å². The lowest BCUT2D eigenvalue weighted by atomic mass is 9.94. The highest BCUT2D eigenvalue weighted by Gasteiger charge is 2.31. The van der Waals surface area contributed by atoms with Crippen LogP contribution in [0.25, 0.3) is 22.3 Å². The molecular weight excluding hydrogens is 672 g/mol. The SMILES string of the molecule is COc1c(C)cc(-c2c(OC)c(Oc3cc(C(=O)O)c(OC)c(-c4cc(C)c(OC)c(C(=O)O)c4)c3OC)cc(C(=O)O)c2OC)cc1C(=O)O. The molecule has 4 N–H and O–H groups in total. The molecule has 0 aliphatic carbocycles. The molecule has 0 saturated heterocycles. The van der Waals surface area contributed by atoms with E-state index in [1.807, 2.05) is 0 Å². The number of rotatable bonds is 14. The van der Waals surface area contributed by atoms with Gasteiger partial charge in [-0.3, -0.25) is 0 Å². The summed E-state index contributed by atoms with van der Waals surface area (Å²) in [4.78, 5) is 49.6. The van der Waals surface area contributed by atoms with Crippen LogP contribution < -0.4 is 33.2 Å². The quantitative estimate of drug-likeness (QED) is 0.114. The van der Waals surface area contributed by atoms with Crippen molar-refractivity contribution in [1.29, 1.82) is 0 Å². The number of methoxy groups -OCH3 is 6. The van der Waals surface area contributed by atoms with Gasteiger partial charge in [0.25, 0.3) is 0 Å². The van der Waals surface area contributed by atoms with E-state index in [0.717, 1.165) is 12.1 Å². The molecule has 4 aromatic carbocycles. The Balaban J connectivity index is 2.15. The van der Waals surface area contributed by atoms with E-state index in [9.17, 15) is 39.6 Å². The second-order valence-corrected chi connectivity index (χ2v) is 10.8. The first-order valence-corrected chi connectivity index (χ1v) is 14.8. The van der Waals surface area contributed by atoms with Gasteiger partial charge in [0.15, 0.2) is 23.0 Å². The first-order chi connectivity index (χ1) is 24.2. The zero-order chi connectivity index (χ0) is 37.9. The summed E-state index contributed by atoms with van der Waals surface area (Å²) in [5.41, 5.74) is -0.214. The average Bonchev–Trinajstić information content (AvgIpc) is 3.09. The van der Waals surface area contributed by atoms with Crippen LogP contribution in [0.4, 0.5) is 0 Å². The maximum atomic E-state index is 12.6. The number of carboxylic acids is 4. The minimum Gasteiger partial charge on any atom is -0.496 e. The molecule has 4 aromatic rings. The van der Waals surface area contributed by atoms with E-state index < -0.39 is 35.0 Å². The zero-order valence-electron chi connectivity index (χ0n) is 28.7. The lowest BCUT2D eigenvalue weighted by Crippen LogP contribution is -2.08. The second-order valence-electron chi connectivity index (χ2n) is 10.8. The van der Waals surface area contributed by atoms with E-state index in [1.165, 1.54) is 54.8 Å². The predicted octanol–water partition coefficient (Wildman–Crippen LogP) is 6.27. The molecule has 0 aliphatic heterocycles. The summed E-state index contributed by atoms with van der Waals surface area (Å²) in [6, 6.07) is 7.77. The molecule has 0 radical (unpaired) electrons. The Labute approximate surface area is 291 Å². The first-order valence-electron chi connectivity index (χ1n) is 14.8. The molecule has 15 heteroatoms. The summed E-state index contributed by atoms with van der Waals surface area (Å²) in [5.74, 6) is -6.57. The minimum atomic E-state index is -1.45. The molecule has 0 aromatic heterocycles. The van der Waals surface area contributed by atoms with Crippen molar-refractivity contribution in [2.24, 2.45) is 0 Å². The van der Waals surface area contributed by atoms with Crippen LogP contribution in [0.15, 0.2) is 36.4 Å². The molecule has 0 bridgehead atoms. The predicted molar refractivity (Wildman–Crippen MR) is 180 cm³/mol. The van der Waals surface area contributed by atoms with Crippen molar-refractivity contribution < 1.29 is 72.8 Å². The third kappa shape index (κ3) is 6.68. The summed E-state index contributed by atoms with van der Waals surface area (Å²) in [7, 11) is 7.58. The van der Waals surface area contributed by atoms with Crippen LogP contribution in [-0.4, -0.2) is 87.0 Å². The Kier molecular flexibility index (Phi) is 10.8. The third-order valence-electron chi connectivity index (χ3n) is 7.89. The van der Waals surface area contributed by atoms with E-state index in [0.29, 0.717) is 11.1 Å². The Morgan fingerprint density at radius 3 is 0.941 bits per heavy atom. The lowest BCUT2D eigenvalue weighted by Gasteiger charge is -2.23. The van der Waals surface area contributed by atoms with Gasteiger partial charge < -0.3 is 53.6 Å². The fourth-order valence-electron chi connectivity index (χ4n) is 5.88. The summed E-state index contributed by atoms with van der Waals surface area (Å²) in [6.45, 7) is 3.19. The molecule has 15 nitrogen and oxygen atoms in total. The van der Waals surface area contributed by atoms with Crippen molar-refractivity contribution in [3.8, 4) is 68.2 Å². The number of carboxylic acid groups (broad SMARTS) is 4. The fraction of sp³-hybridized carbons (Fsp3) is 0.222. The number of aryl methyl sites for hydroxylation is 2. The van der Waals surface area contributed by atoms with Crippen molar-refractivity contribution >= 4 is 23.9 Å². The van der Waals surface area contributed by atoms with E-state index >= 15 is 0 Å². The zero-order valence-corrected chi connectivity index (χ0v) is 28.7. The van der Waals surface area contributed by atoms with Crippen LogP contribution in [0.2, 0.25) is 0 Å². The number of hydrogen-bond acceptors (Lipinski definition) is 11. The summed E-state index contributed by atoms with van der Waals surface area (Å²) in [5, 5.41) is 40.4. The number of aromatic carboxylic acids is 4. The minimum absolute atomic E-state index is 0.00816. The van der Waals surface area contributed by atoms with Gasteiger partial charge in [-0.15, -0.1) is 0 Å². The number of carbonyl (C=O) groups is 4. The maximum absolute atomic E-state index is 12.6. The van der Waals surface area contributed by atoms with Gasteiger partial charge in [-0.25, -0.2) is 19.2 Å². The van der Waals surface area contributed by atoms with Gasteiger partial charge in [-0.1, -0.05) is 0 Å². The molecule has 0 aliphatic rings. The van der Waals surface area contributed by atoms with Gasteiger partial charge in [0, 0.05) is 12.1 Å². The normalized spacial score (nSPS) is 10.6. The van der Waals surface area contributed by atoms with E-state index in [2.05, 4.69) is 0 Å². The molecule has 0 amide bonds. The molecule has 0 spiro atoms. The lowest BCUT2D eigenvalue weighted by molar-refractivity contribution is 0.0681. The average molecular weight is 707 g/mol. The molecule has 4 rings (SSSR count). The second kappa shape index (κ2) is 14.9. The Bertz CT molecular complexity index is 1930. The molecule has 0 unspecified atom stereocenters. The monoisotopic (exact) mass is 706 g/mol. The van der Waals surface area contributed by atoms with E-state index in [1.54, 1.807) is 26.0 Å². The van der Waals surface area contributed by atoms with Crippen LogP contribution in [0.1, 0.15) is 52.6 Å². The van der Waals surface area contributed by atoms with Crippen LogP contribution in [-0.2, 0) is 0 Å². The molecule has 0 saturated carbocycles. The largest absolute Gasteiger partial charge is 0.496 e. The van der Waals surface area contributed by atoms with Crippen molar-refractivity contribution in [3.63, 3.8) is 0 Å². The molecule has 268 valence electrons. The van der Waals surface area contributed by atoms with Crippen LogP contribution in [0.5, 0.6) is 46.0 Å². The van der Waals surface area contributed by atoms with Crippen LogP contribution >= 0.6 is 0 Å². The Morgan fingerprint density at radius 2 is 0.686 bits per heavy atom. The van der Waals surface area contributed by atoms with Gasteiger partial charge in [-0.2, -0.15) is 0 Å². The topological polar surface area (TPSA) is 214 Å². The molecule has 51 heavy (non-hydrogen) atoms. The van der Waals surface area contributed by atoms with E-state index in [-0.39, 0.29) is 79.4 Å². The fourth-order valence-corrected chi connectivity index (χ4v) is 5.88. The standard InChI is InChI=1S/C36H34O15/c1-15-9-17(11-19(33(37)38)27(15)45-3)25-29(47-5)21(35(41)42)13-23(31(25)49-7)51-24-14-22(36(43)44)30(48-6)26(32(24)50-8)18-10-16(2)28(46-4)20(12-18)34(39)40/h9-14H,1-8H3,(H,37,38)(H,39,40)(H,41,42)(H,43,44). The number of ether oxygens (including phenoxy) is 7. The van der Waals surface area contributed by atoms with Gasteiger partial charge in [0.05, 0.1) is 53.8 Å². The van der Waals surface area contributed by atoms with Gasteiger partial charge in [0.1, 0.15) is 45.3 Å². The van der Waals surface area contributed by atoms with Gasteiger partial charge in [-0.05, 0) is 60.4 Å².